The second-order valence-electron chi connectivity index (χ2n) is 6.01. The molecule has 0 atom stereocenters. The zero-order valence-electron chi connectivity index (χ0n) is 12.0. The van der Waals surface area contributed by atoms with Gasteiger partial charge in [-0.25, -0.2) is 0 Å². The SMILES string of the molecule is CC(C)c1nnc(N=NC2=C(O)CC(C)(C)CC2=O)s1. The average molecular weight is 294 g/mol. The Balaban J connectivity index is 2.20. The van der Waals surface area contributed by atoms with Crippen molar-refractivity contribution < 1.29 is 9.90 Å². The second kappa shape index (κ2) is 5.40. The monoisotopic (exact) mass is 294 g/mol. The molecular formula is C13H18N4O2S. The molecular weight excluding hydrogens is 276 g/mol. The molecule has 0 bridgehead atoms. The highest BCUT2D eigenvalue weighted by Gasteiger charge is 2.33. The zero-order chi connectivity index (χ0) is 14.9. The van der Waals surface area contributed by atoms with E-state index in [0.29, 0.717) is 18.0 Å². The molecule has 1 aromatic rings. The number of allylic oxidation sites excluding steroid dienone is 2. The van der Waals surface area contributed by atoms with Gasteiger partial charge >= 0.3 is 0 Å². The number of Topliss-reactive ketones (excluding diaryl/α,β-unsaturated/α-hetero) is 1. The Bertz CT molecular complexity index is 587. The first-order chi connectivity index (χ1) is 9.28. The number of azo groups is 1. The van der Waals surface area contributed by atoms with Crippen LogP contribution in [0, 0.1) is 5.41 Å². The first-order valence-electron chi connectivity index (χ1n) is 6.49. The Morgan fingerprint density at radius 1 is 1.25 bits per heavy atom. The van der Waals surface area contributed by atoms with Crippen LogP contribution in [0.25, 0.3) is 0 Å². The maximum Gasteiger partial charge on any atom is 0.251 e. The van der Waals surface area contributed by atoms with E-state index in [-0.39, 0.29) is 28.6 Å². The zero-order valence-corrected chi connectivity index (χ0v) is 12.9. The summed E-state index contributed by atoms with van der Waals surface area (Å²) in [7, 11) is 0. The number of rotatable bonds is 3. The van der Waals surface area contributed by atoms with Crippen LogP contribution >= 0.6 is 11.3 Å². The molecule has 0 fully saturated rings. The molecule has 0 amide bonds. The fraction of sp³-hybridized carbons (Fsp3) is 0.615. The van der Waals surface area contributed by atoms with Gasteiger partial charge in [-0.05, 0) is 5.41 Å². The number of hydrogen-bond donors (Lipinski definition) is 1. The Labute approximate surface area is 121 Å². The smallest absolute Gasteiger partial charge is 0.251 e. The van der Waals surface area contributed by atoms with Crippen LogP contribution in [0.15, 0.2) is 21.7 Å². The summed E-state index contributed by atoms with van der Waals surface area (Å²) in [5.74, 6) is 0.0980. The van der Waals surface area contributed by atoms with Gasteiger partial charge in [0.1, 0.15) is 10.8 Å². The summed E-state index contributed by atoms with van der Waals surface area (Å²) in [6.45, 7) is 7.91. The number of carbonyl (C=O) groups is 1. The number of nitrogens with zero attached hydrogens (tertiary/aromatic N) is 4. The summed E-state index contributed by atoms with van der Waals surface area (Å²) in [4.78, 5) is 12.0. The molecule has 1 aliphatic carbocycles. The summed E-state index contributed by atoms with van der Waals surface area (Å²) < 4.78 is 0. The highest BCUT2D eigenvalue weighted by atomic mass is 32.1. The first kappa shape index (κ1) is 14.8. The van der Waals surface area contributed by atoms with Crippen molar-refractivity contribution in [2.24, 2.45) is 15.6 Å². The molecule has 20 heavy (non-hydrogen) atoms. The van der Waals surface area contributed by atoms with E-state index >= 15 is 0 Å². The fourth-order valence-electron chi connectivity index (χ4n) is 1.99. The molecule has 1 aromatic heterocycles. The molecule has 0 spiro atoms. The van der Waals surface area contributed by atoms with Crippen LogP contribution in [0.4, 0.5) is 5.13 Å². The number of hydrogen-bond acceptors (Lipinski definition) is 7. The Kier molecular flexibility index (Phi) is 3.99. The molecule has 0 aromatic carbocycles. The summed E-state index contributed by atoms with van der Waals surface area (Å²) >= 11 is 1.33. The number of aromatic nitrogens is 2. The van der Waals surface area contributed by atoms with Crippen LogP contribution in [0.2, 0.25) is 0 Å². The van der Waals surface area contributed by atoms with E-state index in [0.717, 1.165) is 5.01 Å². The first-order valence-corrected chi connectivity index (χ1v) is 7.30. The van der Waals surface area contributed by atoms with Crippen molar-refractivity contribution >= 4 is 22.3 Å². The standard InChI is InChI=1S/C13H18N4O2S/c1-7(2)11-15-17-12(20-11)16-14-10-8(18)5-13(3,4)6-9(10)19/h7,18H,5-6H2,1-4H3. The van der Waals surface area contributed by atoms with Crippen LogP contribution in [0.3, 0.4) is 0 Å². The van der Waals surface area contributed by atoms with E-state index in [4.69, 9.17) is 0 Å². The quantitative estimate of drug-likeness (QED) is 0.856. The van der Waals surface area contributed by atoms with E-state index in [1.54, 1.807) is 0 Å². The Morgan fingerprint density at radius 2 is 1.95 bits per heavy atom. The molecule has 1 N–H and O–H groups in total. The molecule has 7 heteroatoms. The maximum atomic E-state index is 12.0. The van der Waals surface area contributed by atoms with Crippen molar-refractivity contribution in [1.82, 2.24) is 10.2 Å². The molecule has 0 radical (unpaired) electrons. The van der Waals surface area contributed by atoms with Crippen molar-refractivity contribution in [3.63, 3.8) is 0 Å². The number of aliphatic hydroxyl groups is 1. The number of aliphatic hydroxyl groups excluding tert-OH is 1. The van der Waals surface area contributed by atoms with Crippen LogP contribution in [0.5, 0.6) is 0 Å². The topological polar surface area (TPSA) is 87.8 Å². The lowest BCUT2D eigenvalue weighted by atomic mass is 9.78. The highest BCUT2D eigenvalue weighted by molar-refractivity contribution is 7.15. The van der Waals surface area contributed by atoms with Gasteiger partial charge in [0, 0.05) is 18.8 Å². The van der Waals surface area contributed by atoms with Gasteiger partial charge < -0.3 is 5.11 Å². The summed E-state index contributed by atoms with van der Waals surface area (Å²) in [6, 6.07) is 0. The molecule has 108 valence electrons. The lowest BCUT2D eigenvalue weighted by Gasteiger charge is -2.27. The van der Waals surface area contributed by atoms with E-state index in [9.17, 15) is 9.90 Å². The van der Waals surface area contributed by atoms with E-state index < -0.39 is 0 Å². The van der Waals surface area contributed by atoms with Crippen LogP contribution in [-0.4, -0.2) is 21.1 Å². The second-order valence-corrected chi connectivity index (χ2v) is 7.00. The lowest BCUT2D eigenvalue weighted by molar-refractivity contribution is -0.118. The third kappa shape index (κ3) is 3.27. The number of carbonyl (C=O) groups excluding carboxylic acids is 1. The van der Waals surface area contributed by atoms with Crippen molar-refractivity contribution in [2.45, 2.75) is 46.5 Å². The fourth-order valence-corrected chi connectivity index (χ4v) is 2.65. The minimum Gasteiger partial charge on any atom is -0.510 e. The summed E-state index contributed by atoms with van der Waals surface area (Å²) in [6.07, 6.45) is 0.791. The Morgan fingerprint density at radius 3 is 2.50 bits per heavy atom. The van der Waals surface area contributed by atoms with Crippen molar-refractivity contribution in [3.05, 3.63) is 16.5 Å². The van der Waals surface area contributed by atoms with Gasteiger partial charge in [0.25, 0.3) is 5.13 Å². The van der Waals surface area contributed by atoms with Gasteiger partial charge in [-0.2, -0.15) is 0 Å². The van der Waals surface area contributed by atoms with Gasteiger partial charge in [0.05, 0.1) is 0 Å². The largest absolute Gasteiger partial charge is 0.510 e. The van der Waals surface area contributed by atoms with Gasteiger partial charge in [-0.1, -0.05) is 39.0 Å². The van der Waals surface area contributed by atoms with Gasteiger partial charge in [-0.15, -0.1) is 20.4 Å². The Hall–Kier alpha value is -1.63. The third-order valence-corrected chi connectivity index (χ3v) is 4.09. The third-order valence-electron chi connectivity index (χ3n) is 2.98. The average Bonchev–Trinajstić information content (AvgIpc) is 2.75. The number of ketones is 1. The maximum absolute atomic E-state index is 12.0. The molecule has 0 aliphatic heterocycles. The van der Waals surface area contributed by atoms with Crippen LogP contribution in [-0.2, 0) is 4.79 Å². The highest BCUT2D eigenvalue weighted by Crippen LogP contribution is 2.36. The molecule has 0 saturated heterocycles. The molecule has 0 unspecified atom stereocenters. The summed E-state index contributed by atoms with van der Waals surface area (Å²) in [5, 5.41) is 26.8. The minimum absolute atomic E-state index is 0.00333. The van der Waals surface area contributed by atoms with E-state index in [2.05, 4.69) is 20.4 Å². The van der Waals surface area contributed by atoms with Crippen molar-refractivity contribution in [2.75, 3.05) is 0 Å². The molecule has 0 saturated carbocycles. The molecule has 1 aliphatic rings. The van der Waals surface area contributed by atoms with Crippen LogP contribution < -0.4 is 0 Å². The normalized spacial score (nSPS) is 19.4. The predicted molar refractivity (Wildman–Crippen MR) is 76.2 cm³/mol. The minimum atomic E-state index is -0.228. The molecule has 6 nitrogen and oxygen atoms in total. The van der Waals surface area contributed by atoms with Crippen LogP contribution in [0.1, 0.15) is 51.5 Å². The van der Waals surface area contributed by atoms with Crippen molar-refractivity contribution in [1.29, 1.82) is 0 Å². The van der Waals surface area contributed by atoms with Gasteiger partial charge in [-0.3, -0.25) is 4.79 Å². The summed E-state index contributed by atoms with van der Waals surface area (Å²) in [5.41, 5.74) is -0.182. The van der Waals surface area contributed by atoms with Gasteiger partial charge in [0.2, 0.25) is 0 Å². The predicted octanol–water partition coefficient (Wildman–Crippen LogP) is 3.90. The van der Waals surface area contributed by atoms with E-state index in [1.165, 1.54) is 11.3 Å². The van der Waals surface area contributed by atoms with Crippen molar-refractivity contribution in [3.8, 4) is 0 Å². The molecule has 2 rings (SSSR count). The lowest BCUT2D eigenvalue weighted by Crippen LogP contribution is -2.25. The van der Waals surface area contributed by atoms with E-state index in [1.807, 2.05) is 27.7 Å². The molecule has 1 heterocycles. The van der Waals surface area contributed by atoms with Gasteiger partial charge in [0.15, 0.2) is 11.5 Å².